The van der Waals surface area contributed by atoms with Crippen molar-refractivity contribution in [3.63, 3.8) is 0 Å². The molecule has 1 fully saturated rings. The third-order valence-corrected chi connectivity index (χ3v) is 7.81. The second kappa shape index (κ2) is 8.97. The van der Waals surface area contributed by atoms with Crippen LogP contribution in [0, 0.1) is 0 Å². The first kappa shape index (κ1) is 21.6. The summed E-state index contributed by atoms with van der Waals surface area (Å²) in [5.41, 5.74) is 2.56. The molecule has 0 saturated heterocycles. The molecule has 2 aliphatic rings. The van der Waals surface area contributed by atoms with Crippen LogP contribution in [0.15, 0.2) is 34.4 Å². The molecule has 2 aromatic heterocycles. The molecule has 9 heteroatoms. The number of rotatable bonds is 3. The monoisotopic (exact) mass is 466 g/mol. The predicted molar refractivity (Wildman–Crippen MR) is 126 cm³/mol. The van der Waals surface area contributed by atoms with Crippen LogP contribution in [0.1, 0.15) is 58.1 Å². The average molecular weight is 467 g/mol. The van der Waals surface area contributed by atoms with Crippen LogP contribution >= 0.6 is 11.3 Å². The van der Waals surface area contributed by atoms with Crippen molar-refractivity contribution in [2.45, 2.75) is 50.6 Å². The van der Waals surface area contributed by atoms with Gasteiger partial charge in [-0.25, -0.2) is 9.89 Å². The highest BCUT2D eigenvalue weighted by atomic mass is 32.1. The number of nitrogens with one attached hydrogen (secondary N) is 2. The second-order valence-corrected chi connectivity index (χ2v) is 9.66. The van der Waals surface area contributed by atoms with Gasteiger partial charge < -0.3 is 15.0 Å². The first-order valence-electron chi connectivity index (χ1n) is 11.3. The van der Waals surface area contributed by atoms with Gasteiger partial charge in [0, 0.05) is 34.1 Å². The predicted octanol–water partition coefficient (Wildman–Crippen LogP) is 3.57. The average Bonchev–Trinajstić information content (AvgIpc) is 3.28. The van der Waals surface area contributed by atoms with Gasteiger partial charge in [0.1, 0.15) is 0 Å². The Balaban J connectivity index is 1.23. The quantitative estimate of drug-likeness (QED) is 0.614. The van der Waals surface area contributed by atoms with Gasteiger partial charge in [-0.15, -0.1) is 11.3 Å². The van der Waals surface area contributed by atoms with E-state index in [1.807, 2.05) is 29.6 Å². The number of hydrogen-bond acceptors (Lipinski definition) is 6. The summed E-state index contributed by atoms with van der Waals surface area (Å²) >= 11 is 1.53. The summed E-state index contributed by atoms with van der Waals surface area (Å²) in [5.74, 6) is 0.230. The SMILES string of the molecule is COC(=O)N1CCc2c(C(=O)N[C@H]3CC[C@H](c4n[nH]c(=O)c5ccccc54)CC3)csc2C1. The van der Waals surface area contributed by atoms with E-state index in [4.69, 9.17) is 4.74 Å². The van der Waals surface area contributed by atoms with Gasteiger partial charge in [0.2, 0.25) is 0 Å². The van der Waals surface area contributed by atoms with Crippen LogP contribution < -0.4 is 10.9 Å². The Hall–Kier alpha value is -3.20. The minimum absolute atomic E-state index is 0.0323. The van der Waals surface area contributed by atoms with Gasteiger partial charge in [-0.05, 0) is 43.7 Å². The minimum Gasteiger partial charge on any atom is -0.453 e. The molecule has 0 unspecified atom stereocenters. The molecule has 2 N–H and O–H groups in total. The van der Waals surface area contributed by atoms with Crippen molar-refractivity contribution in [3.05, 3.63) is 61.7 Å². The summed E-state index contributed by atoms with van der Waals surface area (Å²) < 4.78 is 4.82. The number of nitrogens with zero attached hydrogens (tertiary/aromatic N) is 2. The summed E-state index contributed by atoms with van der Waals surface area (Å²) in [6, 6.07) is 7.71. The molecule has 0 bridgehead atoms. The maximum absolute atomic E-state index is 13.0. The zero-order valence-corrected chi connectivity index (χ0v) is 19.2. The topological polar surface area (TPSA) is 104 Å². The molecule has 1 aliphatic heterocycles. The van der Waals surface area contributed by atoms with Gasteiger partial charge >= 0.3 is 6.09 Å². The summed E-state index contributed by atoms with van der Waals surface area (Å²) in [7, 11) is 1.38. The smallest absolute Gasteiger partial charge is 0.409 e. The number of thiophene rings is 1. The number of aromatic nitrogens is 2. The molecule has 2 amide bonds. The van der Waals surface area contributed by atoms with Crippen LogP contribution in [-0.4, -0.2) is 46.8 Å². The van der Waals surface area contributed by atoms with E-state index in [9.17, 15) is 14.4 Å². The van der Waals surface area contributed by atoms with Gasteiger partial charge in [-0.2, -0.15) is 5.10 Å². The number of hydrogen-bond donors (Lipinski definition) is 2. The minimum atomic E-state index is -0.332. The lowest BCUT2D eigenvalue weighted by Gasteiger charge is -2.29. The highest BCUT2D eigenvalue weighted by molar-refractivity contribution is 7.10. The molecule has 3 heterocycles. The van der Waals surface area contributed by atoms with E-state index >= 15 is 0 Å². The van der Waals surface area contributed by atoms with Gasteiger partial charge in [0.05, 0.1) is 30.3 Å². The Morgan fingerprint density at radius 1 is 1.18 bits per heavy atom. The number of ether oxygens (including phenoxy) is 1. The van der Waals surface area contributed by atoms with Crippen molar-refractivity contribution < 1.29 is 14.3 Å². The molecule has 172 valence electrons. The van der Waals surface area contributed by atoms with Crippen LogP contribution in [0.4, 0.5) is 4.79 Å². The third-order valence-electron chi connectivity index (χ3n) is 6.80. The molecule has 1 saturated carbocycles. The van der Waals surface area contributed by atoms with Gasteiger partial charge in [0.15, 0.2) is 0 Å². The maximum Gasteiger partial charge on any atom is 0.409 e. The van der Waals surface area contributed by atoms with E-state index < -0.39 is 0 Å². The lowest BCUT2D eigenvalue weighted by molar-refractivity contribution is 0.0924. The van der Waals surface area contributed by atoms with Crippen LogP contribution in [-0.2, 0) is 17.7 Å². The van der Waals surface area contributed by atoms with E-state index in [0.29, 0.717) is 24.9 Å². The number of aromatic amines is 1. The Morgan fingerprint density at radius 2 is 1.94 bits per heavy atom. The van der Waals surface area contributed by atoms with Crippen molar-refractivity contribution >= 4 is 34.1 Å². The van der Waals surface area contributed by atoms with E-state index in [0.717, 1.165) is 52.8 Å². The van der Waals surface area contributed by atoms with Gasteiger partial charge in [-0.3, -0.25) is 9.59 Å². The number of carbonyl (C=O) groups excluding carboxylic acids is 2. The fraction of sp³-hybridized carbons (Fsp3) is 0.417. The molecule has 33 heavy (non-hydrogen) atoms. The third kappa shape index (κ3) is 4.13. The molecular formula is C24H26N4O4S. The molecule has 0 spiro atoms. The van der Waals surface area contributed by atoms with E-state index in [-0.39, 0.29) is 29.5 Å². The summed E-state index contributed by atoms with van der Waals surface area (Å²) in [4.78, 5) is 39.6. The molecule has 1 aliphatic carbocycles. The van der Waals surface area contributed by atoms with Crippen LogP contribution in [0.5, 0.6) is 0 Å². The van der Waals surface area contributed by atoms with Gasteiger partial charge in [-0.1, -0.05) is 18.2 Å². The lowest BCUT2D eigenvalue weighted by Crippen LogP contribution is -2.39. The molecule has 0 atom stereocenters. The summed E-state index contributed by atoms with van der Waals surface area (Å²) in [6.45, 7) is 1.05. The molecule has 1 aromatic carbocycles. The number of amides is 2. The van der Waals surface area contributed by atoms with E-state index in [1.165, 1.54) is 18.4 Å². The largest absolute Gasteiger partial charge is 0.453 e. The van der Waals surface area contributed by atoms with Crippen LogP contribution in [0.25, 0.3) is 10.8 Å². The van der Waals surface area contributed by atoms with Crippen LogP contribution in [0.2, 0.25) is 0 Å². The van der Waals surface area contributed by atoms with Crippen molar-refractivity contribution in [2.75, 3.05) is 13.7 Å². The maximum atomic E-state index is 13.0. The first-order chi connectivity index (χ1) is 16.0. The second-order valence-electron chi connectivity index (χ2n) is 8.70. The molecule has 5 rings (SSSR count). The molecule has 8 nitrogen and oxygen atoms in total. The Bertz CT molecular complexity index is 1260. The Labute approximate surface area is 194 Å². The zero-order chi connectivity index (χ0) is 22.9. The van der Waals surface area contributed by atoms with Gasteiger partial charge in [0.25, 0.3) is 11.5 Å². The number of H-pyrrole nitrogens is 1. The lowest BCUT2D eigenvalue weighted by atomic mass is 9.82. The normalized spacial score (nSPS) is 20.3. The summed E-state index contributed by atoms with van der Waals surface area (Å²) in [5, 5.41) is 13.7. The van der Waals surface area contributed by atoms with Crippen molar-refractivity contribution in [1.29, 1.82) is 0 Å². The van der Waals surface area contributed by atoms with E-state index in [1.54, 1.807) is 4.90 Å². The first-order valence-corrected chi connectivity index (χ1v) is 12.1. The number of methoxy groups -OCH3 is 1. The number of carbonyl (C=O) groups is 2. The standard InChI is InChI=1S/C24H26N4O4S/c1-32-24(31)28-11-10-16-19(13-33-20(16)12-28)22(29)25-15-8-6-14(7-9-15)21-17-4-2-3-5-18(17)23(30)27-26-21/h2-5,13-15H,6-12H2,1H3,(H,25,29)(H,27,30)/t14-,15-. The molecule has 3 aromatic rings. The van der Waals surface area contributed by atoms with Crippen molar-refractivity contribution in [3.8, 4) is 0 Å². The fourth-order valence-corrected chi connectivity index (χ4v) is 6.12. The number of fused-ring (bicyclic) bond motifs is 2. The van der Waals surface area contributed by atoms with Crippen molar-refractivity contribution in [1.82, 2.24) is 20.4 Å². The zero-order valence-electron chi connectivity index (χ0n) is 18.4. The highest BCUT2D eigenvalue weighted by Crippen LogP contribution is 2.35. The van der Waals surface area contributed by atoms with Crippen LogP contribution in [0.3, 0.4) is 0 Å². The molecular weight excluding hydrogens is 440 g/mol. The fourth-order valence-electron chi connectivity index (χ4n) is 5.03. The molecule has 0 radical (unpaired) electrons. The Morgan fingerprint density at radius 3 is 2.70 bits per heavy atom. The number of benzene rings is 1. The van der Waals surface area contributed by atoms with E-state index in [2.05, 4.69) is 15.5 Å². The summed E-state index contributed by atoms with van der Waals surface area (Å²) in [6.07, 6.45) is 3.88. The highest BCUT2D eigenvalue weighted by Gasteiger charge is 2.29. The van der Waals surface area contributed by atoms with Crippen molar-refractivity contribution in [2.24, 2.45) is 0 Å². The Kier molecular flexibility index (Phi) is 5.88.